The number of nitrogens with one attached hydrogen (secondary N) is 2. The van der Waals surface area contributed by atoms with Crippen molar-refractivity contribution in [2.24, 2.45) is 0 Å². The third-order valence-electron chi connectivity index (χ3n) is 2.89. The van der Waals surface area contributed by atoms with E-state index in [2.05, 4.69) is 10.6 Å². The molecule has 7 nitrogen and oxygen atoms in total. The highest BCUT2D eigenvalue weighted by Gasteiger charge is 2.30. The van der Waals surface area contributed by atoms with Crippen LogP contribution in [0.3, 0.4) is 0 Å². The van der Waals surface area contributed by atoms with E-state index in [9.17, 15) is 14.7 Å². The molecule has 0 aliphatic carbocycles. The summed E-state index contributed by atoms with van der Waals surface area (Å²) in [7, 11) is 0. The molecule has 1 heterocycles. The summed E-state index contributed by atoms with van der Waals surface area (Å²) in [4.78, 5) is 24.3. The number of carboxylic acid groups (broad SMARTS) is 1. The number of carbonyl (C=O) groups excluding carboxylic acids is 1. The molecule has 4 N–H and O–H groups in total. The quantitative estimate of drug-likeness (QED) is 0.466. The van der Waals surface area contributed by atoms with Gasteiger partial charge in [0.15, 0.2) is 5.60 Å². The zero-order chi connectivity index (χ0) is 13.6. The number of aliphatic hydroxyl groups is 1. The fraction of sp³-hybridized carbons (Fsp3) is 0.818. The van der Waals surface area contributed by atoms with Crippen LogP contribution in [0.15, 0.2) is 0 Å². The molecule has 1 atom stereocenters. The summed E-state index contributed by atoms with van der Waals surface area (Å²) in [6.45, 7) is 4.54. The predicted octanol–water partition coefficient (Wildman–Crippen LogP) is -1.77. The molecule has 1 aliphatic rings. The fourth-order valence-electron chi connectivity index (χ4n) is 1.67. The first-order valence-electron chi connectivity index (χ1n) is 6.07. The van der Waals surface area contributed by atoms with Gasteiger partial charge in [-0.25, -0.2) is 4.79 Å². The van der Waals surface area contributed by atoms with E-state index in [0.717, 1.165) is 39.5 Å². The topological polar surface area (TPSA) is 102 Å². The van der Waals surface area contributed by atoms with E-state index < -0.39 is 11.6 Å². The maximum absolute atomic E-state index is 11.6. The standard InChI is InChI=1S/C11H21N3O4/c1-11(18,10(16)17)8-13-9(15)7-14-5-2-3-12-4-6-14/h12,18H,2-8H2,1H3,(H,13,15)(H,16,17). The first-order valence-corrected chi connectivity index (χ1v) is 6.07. The van der Waals surface area contributed by atoms with Crippen molar-refractivity contribution in [1.82, 2.24) is 15.5 Å². The molecule has 0 aromatic heterocycles. The molecule has 0 saturated carbocycles. The Balaban J connectivity index is 2.30. The first-order chi connectivity index (χ1) is 8.42. The van der Waals surface area contributed by atoms with Gasteiger partial charge in [0.1, 0.15) is 0 Å². The van der Waals surface area contributed by atoms with Gasteiger partial charge in [-0.3, -0.25) is 9.69 Å². The Morgan fingerprint density at radius 3 is 2.78 bits per heavy atom. The van der Waals surface area contributed by atoms with E-state index in [1.54, 1.807) is 0 Å². The van der Waals surface area contributed by atoms with Gasteiger partial charge in [0.2, 0.25) is 5.91 Å². The normalized spacial score (nSPS) is 20.8. The maximum atomic E-state index is 11.6. The second-order valence-corrected chi connectivity index (χ2v) is 4.74. The minimum Gasteiger partial charge on any atom is -0.479 e. The van der Waals surface area contributed by atoms with Crippen molar-refractivity contribution in [2.45, 2.75) is 18.9 Å². The van der Waals surface area contributed by atoms with Crippen molar-refractivity contribution >= 4 is 11.9 Å². The molecular weight excluding hydrogens is 238 g/mol. The Hall–Kier alpha value is -1.18. The number of carboxylic acids is 1. The number of nitrogens with zero attached hydrogens (tertiary/aromatic N) is 1. The molecule has 0 radical (unpaired) electrons. The van der Waals surface area contributed by atoms with Crippen LogP contribution in [0.4, 0.5) is 0 Å². The third kappa shape index (κ3) is 4.99. The zero-order valence-corrected chi connectivity index (χ0v) is 10.6. The van der Waals surface area contributed by atoms with E-state index in [4.69, 9.17) is 5.11 Å². The molecule has 1 fully saturated rings. The minimum absolute atomic E-state index is 0.234. The van der Waals surface area contributed by atoms with Gasteiger partial charge in [0.25, 0.3) is 0 Å². The SMILES string of the molecule is CC(O)(CNC(=O)CN1CCCNCC1)C(=O)O. The molecule has 1 aliphatic heterocycles. The van der Waals surface area contributed by atoms with E-state index in [-0.39, 0.29) is 19.0 Å². The van der Waals surface area contributed by atoms with Gasteiger partial charge in [-0.05, 0) is 26.4 Å². The summed E-state index contributed by atoms with van der Waals surface area (Å²) in [6.07, 6.45) is 0.986. The van der Waals surface area contributed by atoms with Gasteiger partial charge < -0.3 is 20.8 Å². The van der Waals surface area contributed by atoms with Crippen molar-refractivity contribution in [1.29, 1.82) is 0 Å². The summed E-state index contributed by atoms with van der Waals surface area (Å²) in [6, 6.07) is 0. The number of hydrogen-bond donors (Lipinski definition) is 4. The van der Waals surface area contributed by atoms with Crippen LogP contribution in [0.25, 0.3) is 0 Å². The van der Waals surface area contributed by atoms with Crippen LogP contribution in [0.2, 0.25) is 0 Å². The van der Waals surface area contributed by atoms with Crippen molar-refractivity contribution < 1.29 is 19.8 Å². The lowest BCUT2D eigenvalue weighted by atomic mass is 10.1. The van der Waals surface area contributed by atoms with Crippen molar-refractivity contribution in [3.63, 3.8) is 0 Å². The number of aliphatic carboxylic acids is 1. The van der Waals surface area contributed by atoms with Crippen LogP contribution >= 0.6 is 0 Å². The van der Waals surface area contributed by atoms with Crippen LogP contribution < -0.4 is 10.6 Å². The molecule has 1 unspecified atom stereocenters. The second kappa shape index (κ2) is 6.67. The first kappa shape index (κ1) is 14.9. The van der Waals surface area contributed by atoms with E-state index in [0.29, 0.717) is 0 Å². The van der Waals surface area contributed by atoms with Crippen LogP contribution in [0.1, 0.15) is 13.3 Å². The minimum atomic E-state index is -1.92. The van der Waals surface area contributed by atoms with Gasteiger partial charge >= 0.3 is 5.97 Å². The van der Waals surface area contributed by atoms with Gasteiger partial charge in [-0.2, -0.15) is 0 Å². The number of rotatable bonds is 5. The Morgan fingerprint density at radius 2 is 2.11 bits per heavy atom. The molecule has 18 heavy (non-hydrogen) atoms. The molecule has 104 valence electrons. The average molecular weight is 259 g/mol. The van der Waals surface area contributed by atoms with Gasteiger partial charge in [-0.1, -0.05) is 0 Å². The number of carbonyl (C=O) groups is 2. The fourth-order valence-corrected chi connectivity index (χ4v) is 1.67. The van der Waals surface area contributed by atoms with Crippen LogP contribution in [-0.2, 0) is 9.59 Å². The van der Waals surface area contributed by atoms with E-state index >= 15 is 0 Å². The summed E-state index contributed by atoms with van der Waals surface area (Å²) < 4.78 is 0. The molecule has 7 heteroatoms. The molecule has 1 rings (SSSR count). The van der Waals surface area contributed by atoms with E-state index in [1.807, 2.05) is 4.90 Å². The van der Waals surface area contributed by atoms with Crippen LogP contribution in [0.5, 0.6) is 0 Å². The highest BCUT2D eigenvalue weighted by molar-refractivity contribution is 5.81. The lowest BCUT2D eigenvalue weighted by Gasteiger charge is -2.21. The molecule has 0 spiro atoms. The Morgan fingerprint density at radius 1 is 1.39 bits per heavy atom. The summed E-state index contributed by atoms with van der Waals surface area (Å²) in [5, 5.41) is 23.8. The van der Waals surface area contributed by atoms with Crippen molar-refractivity contribution in [2.75, 3.05) is 39.3 Å². The molecule has 0 bridgehead atoms. The van der Waals surface area contributed by atoms with Gasteiger partial charge in [0, 0.05) is 13.1 Å². The van der Waals surface area contributed by atoms with E-state index in [1.165, 1.54) is 0 Å². The Kier molecular flexibility index (Phi) is 5.52. The Bertz CT molecular complexity index is 299. The summed E-state index contributed by atoms with van der Waals surface area (Å²) in [5.74, 6) is -1.61. The van der Waals surface area contributed by atoms with Gasteiger partial charge in [0.05, 0.1) is 13.1 Å². The largest absolute Gasteiger partial charge is 0.479 e. The molecule has 0 aromatic rings. The molecular formula is C11H21N3O4. The molecule has 0 aromatic carbocycles. The van der Waals surface area contributed by atoms with Crippen LogP contribution in [-0.4, -0.2) is 71.9 Å². The maximum Gasteiger partial charge on any atom is 0.337 e. The summed E-state index contributed by atoms with van der Waals surface area (Å²) in [5.41, 5.74) is -1.92. The van der Waals surface area contributed by atoms with Crippen molar-refractivity contribution in [3.05, 3.63) is 0 Å². The lowest BCUT2D eigenvalue weighted by molar-refractivity contribution is -0.156. The summed E-state index contributed by atoms with van der Waals surface area (Å²) >= 11 is 0. The predicted molar refractivity (Wildman–Crippen MR) is 65.2 cm³/mol. The van der Waals surface area contributed by atoms with Gasteiger partial charge in [-0.15, -0.1) is 0 Å². The monoisotopic (exact) mass is 259 g/mol. The molecule has 1 amide bonds. The number of amides is 1. The highest BCUT2D eigenvalue weighted by atomic mass is 16.4. The zero-order valence-electron chi connectivity index (χ0n) is 10.6. The third-order valence-corrected chi connectivity index (χ3v) is 2.89. The average Bonchev–Trinajstić information content (AvgIpc) is 2.55. The second-order valence-electron chi connectivity index (χ2n) is 4.74. The highest BCUT2D eigenvalue weighted by Crippen LogP contribution is 2.01. The van der Waals surface area contributed by atoms with Crippen LogP contribution in [0, 0.1) is 0 Å². The smallest absolute Gasteiger partial charge is 0.337 e. The number of hydrogen-bond acceptors (Lipinski definition) is 5. The molecule has 1 saturated heterocycles. The Labute approximate surface area is 106 Å². The lowest BCUT2D eigenvalue weighted by Crippen LogP contribution is -2.49. The van der Waals surface area contributed by atoms with Crippen molar-refractivity contribution in [3.8, 4) is 0 Å².